The molecule has 0 aliphatic carbocycles. The predicted octanol–water partition coefficient (Wildman–Crippen LogP) is 0.191. The maximum atomic E-state index is 11.9. The van der Waals surface area contributed by atoms with Crippen molar-refractivity contribution in [2.75, 3.05) is 0 Å². The first kappa shape index (κ1) is 10.9. The van der Waals surface area contributed by atoms with Gasteiger partial charge in [-0.3, -0.25) is 13.9 Å². The molecule has 0 aliphatic heterocycles. The molecule has 0 aromatic carbocycles. The van der Waals surface area contributed by atoms with E-state index in [-0.39, 0.29) is 5.56 Å². The Hall–Kier alpha value is -1.56. The van der Waals surface area contributed by atoms with Crippen molar-refractivity contribution in [2.45, 2.75) is 12.4 Å². The summed E-state index contributed by atoms with van der Waals surface area (Å²) in [5, 5.41) is 0. The third-order valence-corrected chi connectivity index (χ3v) is 2.77. The fourth-order valence-electron chi connectivity index (χ4n) is 1.63. The number of hydrogen-bond acceptors (Lipinski definition) is 3. The molecule has 2 aromatic rings. The number of aryl methyl sites for hydroxylation is 1. The van der Waals surface area contributed by atoms with Crippen molar-refractivity contribution in [3.63, 3.8) is 0 Å². The summed E-state index contributed by atoms with van der Waals surface area (Å²) in [7, 11) is 3.00. The molecule has 0 amide bonds. The van der Waals surface area contributed by atoms with Gasteiger partial charge in [-0.25, -0.2) is 9.78 Å². The SMILES string of the molecule is CC(Cl)n1cnc2c1c(=O)n(C)c(=O)n2C. The summed E-state index contributed by atoms with van der Waals surface area (Å²) in [4.78, 5) is 27.6. The van der Waals surface area contributed by atoms with Gasteiger partial charge in [-0.15, -0.1) is 0 Å². The summed E-state index contributed by atoms with van der Waals surface area (Å²) >= 11 is 5.93. The van der Waals surface area contributed by atoms with Crippen LogP contribution in [-0.2, 0) is 14.1 Å². The molecule has 2 aromatic heterocycles. The van der Waals surface area contributed by atoms with Crippen LogP contribution >= 0.6 is 11.6 Å². The van der Waals surface area contributed by atoms with Gasteiger partial charge in [0.05, 0.1) is 6.33 Å². The number of nitrogens with zero attached hydrogens (tertiary/aromatic N) is 4. The second-order valence-electron chi connectivity index (χ2n) is 3.60. The number of hydrogen-bond donors (Lipinski definition) is 0. The minimum atomic E-state index is -0.398. The van der Waals surface area contributed by atoms with E-state index in [1.165, 1.54) is 17.9 Å². The van der Waals surface area contributed by atoms with E-state index in [0.29, 0.717) is 11.2 Å². The van der Waals surface area contributed by atoms with E-state index < -0.39 is 11.2 Å². The van der Waals surface area contributed by atoms with Gasteiger partial charge in [-0.2, -0.15) is 0 Å². The zero-order valence-corrected chi connectivity index (χ0v) is 9.89. The quantitative estimate of drug-likeness (QED) is 0.671. The lowest BCUT2D eigenvalue weighted by Crippen LogP contribution is -2.37. The molecule has 0 spiro atoms. The van der Waals surface area contributed by atoms with Gasteiger partial charge in [-0.05, 0) is 6.92 Å². The normalized spacial score (nSPS) is 13.2. The van der Waals surface area contributed by atoms with Crippen molar-refractivity contribution in [3.8, 4) is 0 Å². The van der Waals surface area contributed by atoms with Crippen LogP contribution in [-0.4, -0.2) is 18.7 Å². The second-order valence-corrected chi connectivity index (χ2v) is 4.24. The Bertz CT molecular complexity index is 664. The molecule has 0 radical (unpaired) electrons. The Morgan fingerprint density at radius 3 is 2.50 bits per heavy atom. The van der Waals surface area contributed by atoms with Crippen LogP contribution in [0.1, 0.15) is 12.4 Å². The van der Waals surface area contributed by atoms with E-state index in [0.717, 1.165) is 4.57 Å². The zero-order chi connectivity index (χ0) is 12.0. The highest BCUT2D eigenvalue weighted by Crippen LogP contribution is 2.15. The summed E-state index contributed by atoms with van der Waals surface area (Å²) in [5.74, 6) is 0. The molecule has 0 fully saturated rings. The van der Waals surface area contributed by atoms with Crippen molar-refractivity contribution < 1.29 is 0 Å². The Balaban J connectivity index is 3.07. The summed E-state index contributed by atoms with van der Waals surface area (Å²) in [6, 6.07) is 0. The number of rotatable bonds is 1. The molecule has 1 atom stereocenters. The third-order valence-electron chi connectivity index (χ3n) is 2.56. The molecule has 2 rings (SSSR count). The Morgan fingerprint density at radius 2 is 1.94 bits per heavy atom. The van der Waals surface area contributed by atoms with Gasteiger partial charge >= 0.3 is 5.69 Å². The summed E-state index contributed by atoms with van der Waals surface area (Å²) < 4.78 is 3.91. The molecule has 0 bridgehead atoms. The summed E-state index contributed by atoms with van der Waals surface area (Å²) in [6.45, 7) is 1.73. The standard InChI is InChI=1S/C9H11ClN4O2/c1-5(10)14-4-11-7-6(14)8(15)13(3)9(16)12(7)2/h4-5H,1-3H3. The number of fused-ring (bicyclic) bond motifs is 1. The van der Waals surface area contributed by atoms with Crippen molar-refractivity contribution in [1.29, 1.82) is 0 Å². The van der Waals surface area contributed by atoms with Gasteiger partial charge < -0.3 is 4.57 Å². The second kappa shape index (κ2) is 3.48. The molecule has 0 saturated heterocycles. The number of imidazole rings is 1. The van der Waals surface area contributed by atoms with Crippen molar-refractivity contribution >= 4 is 22.8 Å². The molecule has 86 valence electrons. The van der Waals surface area contributed by atoms with Crippen LogP contribution < -0.4 is 11.2 Å². The zero-order valence-electron chi connectivity index (χ0n) is 9.14. The van der Waals surface area contributed by atoms with Gasteiger partial charge in [0.1, 0.15) is 5.50 Å². The minimum absolute atomic E-state index is 0.340. The Morgan fingerprint density at radius 1 is 1.31 bits per heavy atom. The largest absolute Gasteiger partial charge is 0.332 e. The molecular weight excluding hydrogens is 232 g/mol. The molecule has 0 aliphatic rings. The van der Waals surface area contributed by atoms with Gasteiger partial charge in [0.25, 0.3) is 5.56 Å². The first-order valence-electron chi connectivity index (χ1n) is 4.71. The van der Waals surface area contributed by atoms with Gasteiger partial charge in [0, 0.05) is 14.1 Å². The van der Waals surface area contributed by atoms with Crippen LogP contribution in [0, 0.1) is 0 Å². The van der Waals surface area contributed by atoms with Gasteiger partial charge in [0.2, 0.25) is 0 Å². The molecule has 0 N–H and O–H groups in total. The van der Waals surface area contributed by atoms with E-state index in [2.05, 4.69) is 4.98 Å². The lowest BCUT2D eigenvalue weighted by molar-refractivity contribution is 0.694. The fraction of sp³-hybridized carbons (Fsp3) is 0.444. The van der Waals surface area contributed by atoms with Crippen LogP contribution in [0.3, 0.4) is 0 Å². The molecule has 0 saturated carbocycles. The highest BCUT2D eigenvalue weighted by atomic mass is 35.5. The summed E-state index contributed by atoms with van der Waals surface area (Å²) in [6.07, 6.45) is 1.46. The van der Waals surface area contributed by atoms with E-state index in [1.54, 1.807) is 18.5 Å². The molecular formula is C9H11ClN4O2. The van der Waals surface area contributed by atoms with E-state index in [9.17, 15) is 9.59 Å². The topological polar surface area (TPSA) is 61.8 Å². The Kier molecular flexibility index (Phi) is 2.38. The van der Waals surface area contributed by atoms with Crippen molar-refractivity contribution in [1.82, 2.24) is 18.7 Å². The van der Waals surface area contributed by atoms with E-state index in [1.807, 2.05) is 0 Å². The first-order chi connectivity index (χ1) is 7.45. The maximum Gasteiger partial charge on any atom is 0.332 e. The number of aromatic nitrogens is 4. The van der Waals surface area contributed by atoms with Crippen LogP contribution in [0.5, 0.6) is 0 Å². The predicted molar refractivity (Wildman–Crippen MR) is 60.8 cm³/mol. The minimum Gasteiger partial charge on any atom is -0.308 e. The average Bonchev–Trinajstić information content (AvgIpc) is 2.67. The van der Waals surface area contributed by atoms with E-state index >= 15 is 0 Å². The van der Waals surface area contributed by atoms with Crippen LogP contribution in [0.25, 0.3) is 11.2 Å². The molecule has 16 heavy (non-hydrogen) atoms. The van der Waals surface area contributed by atoms with Gasteiger partial charge in [-0.1, -0.05) is 11.6 Å². The van der Waals surface area contributed by atoms with Crippen molar-refractivity contribution in [2.24, 2.45) is 14.1 Å². The molecule has 6 nitrogen and oxygen atoms in total. The first-order valence-corrected chi connectivity index (χ1v) is 5.15. The summed E-state index contributed by atoms with van der Waals surface area (Å²) in [5.41, 5.74) is -0.490. The highest BCUT2D eigenvalue weighted by molar-refractivity contribution is 6.19. The van der Waals surface area contributed by atoms with Crippen LogP contribution in [0.2, 0.25) is 0 Å². The third kappa shape index (κ3) is 1.30. The van der Waals surface area contributed by atoms with Crippen LogP contribution in [0.4, 0.5) is 0 Å². The highest BCUT2D eigenvalue weighted by Gasteiger charge is 2.15. The number of alkyl halides is 1. The Labute approximate surface area is 95.7 Å². The lowest BCUT2D eigenvalue weighted by atomic mass is 10.5. The molecule has 2 heterocycles. The molecule has 1 unspecified atom stereocenters. The fourth-order valence-corrected chi connectivity index (χ4v) is 1.78. The monoisotopic (exact) mass is 242 g/mol. The smallest absolute Gasteiger partial charge is 0.308 e. The van der Waals surface area contributed by atoms with Gasteiger partial charge in [0.15, 0.2) is 11.2 Å². The van der Waals surface area contributed by atoms with E-state index in [4.69, 9.17) is 11.6 Å². The lowest BCUT2D eigenvalue weighted by Gasteiger charge is -2.07. The number of halogens is 1. The van der Waals surface area contributed by atoms with Crippen LogP contribution in [0.15, 0.2) is 15.9 Å². The molecule has 7 heteroatoms. The average molecular weight is 243 g/mol. The maximum absolute atomic E-state index is 11.9. The van der Waals surface area contributed by atoms with Crippen molar-refractivity contribution in [3.05, 3.63) is 27.2 Å².